The number of aryl methyl sites for hydroxylation is 1. The van der Waals surface area contributed by atoms with E-state index in [9.17, 15) is 9.90 Å². The van der Waals surface area contributed by atoms with Crippen LogP contribution >= 0.6 is 11.6 Å². The Hall–Kier alpha value is -1.47. The number of nitrogens with one attached hydrogen (secondary N) is 1. The van der Waals surface area contributed by atoms with Crippen molar-refractivity contribution in [3.05, 3.63) is 16.7 Å². The summed E-state index contributed by atoms with van der Waals surface area (Å²) in [5, 5.41) is 9.41. The van der Waals surface area contributed by atoms with E-state index >= 15 is 0 Å². The number of carbonyl (C=O) groups is 1. The second-order valence-electron chi connectivity index (χ2n) is 7.25. The first-order valence-electron chi connectivity index (χ1n) is 9.08. The van der Waals surface area contributed by atoms with Crippen molar-refractivity contribution in [3.8, 4) is 11.8 Å². The number of hydrogen-bond donors (Lipinski definition) is 2. The fourth-order valence-corrected chi connectivity index (χ4v) is 4.29. The van der Waals surface area contributed by atoms with Crippen molar-refractivity contribution in [2.24, 2.45) is 11.3 Å². The van der Waals surface area contributed by atoms with Crippen molar-refractivity contribution in [1.29, 1.82) is 0 Å². The fourth-order valence-electron chi connectivity index (χ4n) is 4.09. The van der Waals surface area contributed by atoms with E-state index in [1.165, 1.54) is 44.9 Å². The first-order valence-corrected chi connectivity index (χ1v) is 9.46. The lowest BCUT2D eigenvalue weighted by atomic mass is 9.71. The average Bonchev–Trinajstić information content (AvgIpc) is 3.21. The molecule has 0 aliphatic heterocycles. The van der Waals surface area contributed by atoms with Crippen LogP contribution in [-0.2, 0) is 6.42 Å². The van der Waals surface area contributed by atoms with Gasteiger partial charge in [0.15, 0.2) is 5.69 Å². The zero-order chi connectivity index (χ0) is 17.0. The fraction of sp³-hybridized carbons (Fsp3) is 0.684. The number of carboxylic acids is 1. The molecule has 2 saturated carbocycles. The molecule has 0 spiro atoms. The van der Waals surface area contributed by atoms with E-state index in [0.29, 0.717) is 18.0 Å². The summed E-state index contributed by atoms with van der Waals surface area (Å²) in [7, 11) is 0. The Kier molecular flexibility index (Phi) is 5.50. The number of hydrogen-bond acceptors (Lipinski definition) is 2. The molecule has 0 unspecified atom stereocenters. The second kappa shape index (κ2) is 7.61. The van der Waals surface area contributed by atoms with Gasteiger partial charge in [-0.2, -0.15) is 0 Å². The molecule has 3 rings (SSSR count). The van der Waals surface area contributed by atoms with Crippen LogP contribution in [0.5, 0.6) is 0 Å². The number of carboxylic acid groups (broad SMARTS) is 1. The lowest BCUT2D eigenvalue weighted by molar-refractivity contribution is 0.0689. The first kappa shape index (κ1) is 17.4. The molecule has 130 valence electrons. The molecular weight excluding hydrogens is 324 g/mol. The number of rotatable bonds is 4. The Balaban J connectivity index is 1.73. The minimum atomic E-state index is -1.03. The highest BCUT2D eigenvalue weighted by molar-refractivity contribution is 6.28. The number of imidazole rings is 1. The number of H-pyrrole nitrogens is 1. The highest BCUT2D eigenvalue weighted by Gasteiger charge is 2.31. The van der Waals surface area contributed by atoms with Gasteiger partial charge in [-0.05, 0) is 50.1 Å². The standard InChI is InChI=1S/C19H25ClN2O2/c20-18-21-15(16(22-18)17(23)24)9-13-19(10-4-1-5-11-19)12-8-14-6-2-3-7-14/h14H,1-7,9-11,13H2,(H,21,22)(H,23,24). The van der Waals surface area contributed by atoms with Gasteiger partial charge in [-0.15, -0.1) is 0 Å². The summed E-state index contributed by atoms with van der Waals surface area (Å²) >= 11 is 5.86. The molecule has 4 nitrogen and oxygen atoms in total. The van der Waals surface area contributed by atoms with Crippen LogP contribution in [0.4, 0.5) is 0 Å². The number of aromatic amines is 1. The van der Waals surface area contributed by atoms with Gasteiger partial charge in [-0.25, -0.2) is 9.78 Å². The Morgan fingerprint density at radius 2 is 1.96 bits per heavy atom. The summed E-state index contributed by atoms with van der Waals surface area (Å²) in [5.41, 5.74) is 0.712. The summed E-state index contributed by atoms with van der Waals surface area (Å²) in [5.74, 6) is 6.74. The molecule has 1 aromatic heterocycles. The van der Waals surface area contributed by atoms with Crippen LogP contribution in [0.2, 0.25) is 5.28 Å². The summed E-state index contributed by atoms with van der Waals surface area (Å²) in [6, 6.07) is 0. The molecule has 24 heavy (non-hydrogen) atoms. The predicted octanol–water partition coefficient (Wildman–Crippen LogP) is 4.84. The van der Waals surface area contributed by atoms with Crippen LogP contribution in [0.1, 0.15) is 80.4 Å². The van der Waals surface area contributed by atoms with Crippen LogP contribution < -0.4 is 0 Å². The maximum atomic E-state index is 11.3. The minimum absolute atomic E-state index is 0.0359. The van der Waals surface area contributed by atoms with E-state index in [0.717, 1.165) is 19.3 Å². The lowest BCUT2D eigenvalue weighted by Gasteiger charge is -2.32. The van der Waals surface area contributed by atoms with Crippen molar-refractivity contribution < 1.29 is 9.90 Å². The third kappa shape index (κ3) is 4.13. The van der Waals surface area contributed by atoms with Crippen LogP contribution in [-0.4, -0.2) is 21.0 Å². The molecule has 2 N–H and O–H groups in total. The van der Waals surface area contributed by atoms with Crippen molar-refractivity contribution >= 4 is 17.6 Å². The predicted molar refractivity (Wildman–Crippen MR) is 94.1 cm³/mol. The largest absolute Gasteiger partial charge is 0.476 e. The normalized spacial score (nSPS) is 20.5. The van der Waals surface area contributed by atoms with Crippen molar-refractivity contribution in [2.75, 3.05) is 0 Å². The van der Waals surface area contributed by atoms with Gasteiger partial charge in [-0.3, -0.25) is 0 Å². The molecule has 0 saturated heterocycles. The molecule has 1 heterocycles. The maximum Gasteiger partial charge on any atom is 0.356 e. The lowest BCUT2D eigenvalue weighted by Crippen LogP contribution is -2.23. The number of aromatic carboxylic acids is 1. The molecule has 2 fully saturated rings. The van der Waals surface area contributed by atoms with Crippen LogP contribution in [0.15, 0.2) is 0 Å². The molecule has 2 aliphatic rings. The van der Waals surface area contributed by atoms with Crippen LogP contribution in [0, 0.1) is 23.2 Å². The Labute approximate surface area is 148 Å². The van der Waals surface area contributed by atoms with Gasteiger partial charge in [0.25, 0.3) is 0 Å². The third-order valence-corrected chi connectivity index (χ3v) is 5.69. The minimum Gasteiger partial charge on any atom is -0.476 e. The molecule has 0 aromatic carbocycles. The molecular formula is C19H25ClN2O2. The Morgan fingerprint density at radius 3 is 2.62 bits per heavy atom. The Bertz CT molecular complexity index is 644. The monoisotopic (exact) mass is 348 g/mol. The van der Waals surface area contributed by atoms with E-state index in [4.69, 9.17) is 11.6 Å². The van der Waals surface area contributed by atoms with Gasteiger partial charge in [0.05, 0.1) is 5.69 Å². The van der Waals surface area contributed by atoms with Crippen LogP contribution in [0.25, 0.3) is 0 Å². The van der Waals surface area contributed by atoms with E-state index in [1.54, 1.807) is 0 Å². The highest BCUT2D eigenvalue weighted by Crippen LogP contribution is 2.40. The van der Waals surface area contributed by atoms with E-state index < -0.39 is 5.97 Å². The van der Waals surface area contributed by atoms with E-state index in [2.05, 4.69) is 21.8 Å². The van der Waals surface area contributed by atoms with Gasteiger partial charge in [-0.1, -0.05) is 43.9 Å². The molecule has 5 heteroatoms. The summed E-state index contributed by atoms with van der Waals surface area (Å²) in [6.45, 7) is 0. The highest BCUT2D eigenvalue weighted by atomic mass is 35.5. The van der Waals surface area contributed by atoms with Crippen molar-refractivity contribution in [2.45, 2.75) is 70.6 Å². The van der Waals surface area contributed by atoms with Gasteiger partial charge < -0.3 is 10.1 Å². The Morgan fingerprint density at radius 1 is 1.25 bits per heavy atom. The topological polar surface area (TPSA) is 66.0 Å². The maximum absolute atomic E-state index is 11.3. The van der Waals surface area contributed by atoms with Gasteiger partial charge in [0, 0.05) is 11.3 Å². The van der Waals surface area contributed by atoms with E-state index in [-0.39, 0.29) is 16.4 Å². The summed E-state index contributed by atoms with van der Waals surface area (Å²) < 4.78 is 0. The molecule has 0 radical (unpaired) electrons. The molecule has 1 aromatic rings. The number of aromatic nitrogens is 2. The smallest absolute Gasteiger partial charge is 0.356 e. The molecule has 0 atom stereocenters. The second-order valence-corrected chi connectivity index (χ2v) is 7.61. The van der Waals surface area contributed by atoms with Gasteiger partial charge >= 0.3 is 5.97 Å². The number of nitrogens with zero attached hydrogens (tertiary/aromatic N) is 1. The SMILES string of the molecule is O=C(O)c1nc(Cl)[nH]c1CCC1(C#CC2CCCC2)CCCCC1. The molecule has 2 aliphatic carbocycles. The average molecular weight is 349 g/mol. The van der Waals surface area contributed by atoms with Gasteiger partial charge in [0.1, 0.15) is 0 Å². The quantitative estimate of drug-likeness (QED) is 0.765. The van der Waals surface area contributed by atoms with Crippen molar-refractivity contribution in [3.63, 3.8) is 0 Å². The van der Waals surface area contributed by atoms with Crippen LogP contribution in [0.3, 0.4) is 0 Å². The van der Waals surface area contributed by atoms with E-state index in [1.807, 2.05) is 0 Å². The summed E-state index contributed by atoms with van der Waals surface area (Å²) in [4.78, 5) is 18.1. The third-order valence-electron chi connectivity index (χ3n) is 5.51. The van der Waals surface area contributed by atoms with Gasteiger partial charge in [0.2, 0.25) is 5.28 Å². The van der Waals surface area contributed by atoms with Crippen molar-refractivity contribution in [1.82, 2.24) is 9.97 Å². The molecule has 0 bridgehead atoms. The number of halogens is 1. The summed E-state index contributed by atoms with van der Waals surface area (Å²) in [6.07, 6.45) is 12.6. The zero-order valence-corrected chi connectivity index (χ0v) is 14.8. The first-order chi connectivity index (χ1) is 11.6. The molecule has 0 amide bonds. The zero-order valence-electron chi connectivity index (χ0n) is 14.0.